The number of nitrogens with zero attached hydrogens (tertiary/aromatic N) is 4. The van der Waals surface area contributed by atoms with Crippen LogP contribution in [0.3, 0.4) is 0 Å². The van der Waals surface area contributed by atoms with Gasteiger partial charge in [0.05, 0.1) is 17.3 Å². The van der Waals surface area contributed by atoms with Gasteiger partial charge in [-0.3, -0.25) is 15.6 Å². The molecule has 3 aromatic rings. The standard InChI is InChI=1S/C14H13FN6O/c1-2-12(22)19-20-13-11-7-18-21(14(11)17-8-16-13)10-5-3-9(15)4-6-10/h3-8H,2H2,1H3,(H,19,22)(H,16,17,20). The van der Waals surface area contributed by atoms with E-state index < -0.39 is 0 Å². The largest absolute Gasteiger partial charge is 0.281 e. The van der Waals surface area contributed by atoms with Gasteiger partial charge in [0.15, 0.2) is 11.5 Å². The Labute approximate surface area is 125 Å². The number of carbonyl (C=O) groups excluding carboxylic acids is 1. The zero-order chi connectivity index (χ0) is 15.5. The summed E-state index contributed by atoms with van der Waals surface area (Å²) < 4.78 is 14.6. The number of fused-ring (bicyclic) bond motifs is 1. The van der Waals surface area contributed by atoms with Gasteiger partial charge in [0.1, 0.15) is 12.1 Å². The highest BCUT2D eigenvalue weighted by Gasteiger charge is 2.11. The third kappa shape index (κ3) is 2.58. The average molecular weight is 300 g/mol. The Balaban J connectivity index is 1.98. The molecule has 0 saturated carbocycles. The predicted octanol–water partition coefficient (Wildman–Crippen LogP) is 1.81. The van der Waals surface area contributed by atoms with E-state index in [4.69, 9.17) is 0 Å². The summed E-state index contributed by atoms with van der Waals surface area (Å²) in [7, 11) is 0. The highest BCUT2D eigenvalue weighted by Crippen LogP contribution is 2.21. The summed E-state index contributed by atoms with van der Waals surface area (Å²) in [6.45, 7) is 1.75. The Bertz CT molecular complexity index is 814. The van der Waals surface area contributed by atoms with Gasteiger partial charge in [0.25, 0.3) is 0 Å². The Kier molecular flexibility index (Phi) is 3.65. The van der Waals surface area contributed by atoms with E-state index in [9.17, 15) is 9.18 Å². The predicted molar refractivity (Wildman–Crippen MR) is 78.7 cm³/mol. The van der Waals surface area contributed by atoms with Crippen LogP contribution in [0.1, 0.15) is 13.3 Å². The summed E-state index contributed by atoms with van der Waals surface area (Å²) in [5, 5.41) is 4.88. The van der Waals surface area contributed by atoms with Crippen LogP contribution < -0.4 is 10.9 Å². The Hall–Kier alpha value is -3.03. The SMILES string of the molecule is CCC(=O)NNc1ncnc2c1cnn2-c1ccc(F)cc1. The first-order valence-corrected chi connectivity index (χ1v) is 6.68. The van der Waals surface area contributed by atoms with Crippen molar-refractivity contribution >= 4 is 22.8 Å². The van der Waals surface area contributed by atoms with Gasteiger partial charge in [0.2, 0.25) is 5.91 Å². The molecular weight excluding hydrogens is 287 g/mol. The summed E-state index contributed by atoms with van der Waals surface area (Å²) in [4.78, 5) is 19.6. The monoisotopic (exact) mass is 300 g/mol. The van der Waals surface area contributed by atoms with E-state index in [1.807, 2.05) is 0 Å². The summed E-state index contributed by atoms with van der Waals surface area (Å²) in [6.07, 6.45) is 3.31. The number of nitrogens with one attached hydrogen (secondary N) is 2. The number of benzene rings is 1. The van der Waals surface area contributed by atoms with Crippen LogP contribution in [0.5, 0.6) is 0 Å². The molecule has 0 fully saturated rings. The Morgan fingerprint density at radius 3 is 2.77 bits per heavy atom. The molecule has 112 valence electrons. The lowest BCUT2D eigenvalue weighted by Crippen LogP contribution is -2.29. The lowest BCUT2D eigenvalue weighted by Gasteiger charge is -2.07. The number of hydrogen-bond donors (Lipinski definition) is 2. The number of hydrogen-bond acceptors (Lipinski definition) is 5. The first-order chi connectivity index (χ1) is 10.7. The topological polar surface area (TPSA) is 84.7 Å². The van der Waals surface area contributed by atoms with Gasteiger partial charge in [0, 0.05) is 6.42 Å². The molecule has 3 rings (SSSR count). The minimum atomic E-state index is -0.320. The fraction of sp³-hybridized carbons (Fsp3) is 0.143. The first-order valence-electron chi connectivity index (χ1n) is 6.68. The summed E-state index contributed by atoms with van der Waals surface area (Å²) in [5.74, 6) is -0.0303. The zero-order valence-corrected chi connectivity index (χ0v) is 11.7. The molecule has 1 aromatic carbocycles. The van der Waals surface area contributed by atoms with Crippen molar-refractivity contribution in [3.63, 3.8) is 0 Å². The molecule has 0 bridgehead atoms. The summed E-state index contributed by atoms with van der Waals surface area (Å²) in [6, 6.07) is 5.92. The average Bonchev–Trinajstić information content (AvgIpc) is 2.98. The van der Waals surface area contributed by atoms with Gasteiger partial charge in [-0.1, -0.05) is 6.92 Å². The maximum Gasteiger partial charge on any atom is 0.238 e. The minimum absolute atomic E-state index is 0.155. The second-order valence-corrected chi connectivity index (χ2v) is 4.52. The number of aromatic nitrogens is 4. The molecule has 7 nitrogen and oxygen atoms in total. The van der Waals surface area contributed by atoms with Gasteiger partial charge in [-0.2, -0.15) is 5.10 Å². The quantitative estimate of drug-likeness (QED) is 0.718. The third-order valence-electron chi connectivity index (χ3n) is 3.08. The molecule has 2 N–H and O–H groups in total. The molecule has 2 aromatic heterocycles. The van der Waals surface area contributed by atoms with E-state index in [1.165, 1.54) is 18.5 Å². The van der Waals surface area contributed by atoms with Gasteiger partial charge >= 0.3 is 0 Å². The highest BCUT2D eigenvalue weighted by atomic mass is 19.1. The first kappa shape index (κ1) is 13.9. The number of carbonyl (C=O) groups is 1. The second-order valence-electron chi connectivity index (χ2n) is 4.52. The smallest absolute Gasteiger partial charge is 0.238 e. The van der Waals surface area contributed by atoms with Crippen molar-refractivity contribution in [3.8, 4) is 5.69 Å². The van der Waals surface area contributed by atoms with Crippen LogP contribution in [-0.2, 0) is 4.79 Å². The Morgan fingerprint density at radius 1 is 1.27 bits per heavy atom. The van der Waals surface area contributed by atoms with E-state index in [0.717, 1.165) is 0 Å². The van der Waals surface area contributed by atoms with Gasteiger partial charge in [-0.15, -0.1) is 0 Å². The van der Waals surface area contributed by atoms with E-state index in [1.54, 1.807) is 29.9 Å². The lowest BCUT2D eigenvalue weighted by atomic mass is 10.3. The van der Waals surface area contributed by atoms with Crippen LogP contribution >= 0.6 is 0 Å². The van der Waals surface area contributed by atoms with Crippen molar-refractivity contribution in [2.24, 2.45) is 0 Å². The van der Waals surface area contributed by atoms with Crippen molar-refractivity contribution in [1.82, 2.24) is 25.2 Å². The summed E-state index contributed by atoms with van der Waals surface area (Å²) >= 11 is 0. The van der Waals surface area contributed by atoms with Gasteiger partial charge < -0.3 is 0 Å². The molecule has 1 amide bonds. The van der Waals surface area contributed by atoms with E-state index in [-0.39, 0.29) is 11.7 Å². The molecule has 2 heterocycles. The molecule has 22 heavy (non-hydrogen) atoms. The number of amides is 1. The molecule has 0 unspecified atom stereocenters. The summed E-state index contributed by atoms with van der Waals surface area (Å²) in [5.41, 5.74) is 6.51. The van der Waals surface area contributed by atoms with Crippen molar-refractivity contribution in [2.75, 3.05) is 5.43 Å². The van der Waals surface area contributed by atoms with Crippen molar-refractivity contribution in [2.45, 2.75) is 13.3 Å². The lowest BCUT2D eigenvalue weighted by molar-refractivity contribution is -0.120. The van der Waals surface area contributed by atoms with Crippen LogP contribution in [-0.4, -0.2) is 25.7 Å². The minimum Gasteiger partial charge on any atom is -0.281 e. The molecular formula is C14H13FN6O. The van der Waals surface area contributed by atoms with Gasteiger partial charge in [-0.05, 0) is 24.3 Å². The maximum absolute atomic E-state index is 13.0. The molecule has 0 atom stereocenters. The van der Waals surface area contributed by atoms with E-state index >= 15 is 0 Å². The van der Waals surface area contributed by atoms with E-state index in [2.05, 4.69) is 25.9 Å². The number of anilines is 1. The number of rotatable bonds is 4. The highest BCUT2D eigenvalue weighted by molar-refractivity contribution is 5.88. The normalized spacial score (nSPS) is 10.6. The molecule has 0 aliphatic carbocycles. The third-order valence-corrected chi connectivity index (χ3v) is 3.08. The molecule has 0 aliphatic rings. The van der Waals surface area contributed by atoms with Crippen molar-refractivity contribution < 1.29 is 9.18 Å². The molecule has 0 radical (unpaired) electrons. The van der Waals surface area contributed by atoms with Crippen molar-refractivity contribution in [3.05, 3.63) is 42.6 Å². The van der Waals surface area contributed by atoms with Gasteiger partial charge in [-0.25, -0.2) is 19.0 Å². The van der Waals surface area contributed by atoms with Crippen LogP contribution in [0, 0.1) is 5.82 Å². The van der Waals surface area contributed by atoms with Crippen LogP contribution in [0.15, 0.2) is 36.8 Å². The molecule has 0 aliphatic heterocycles. The van der Waals surface area contributed by atoms with Crippen LogP contribution in [0.4, 0.5) is 10.2 Å². The zero-order valence-electron chi connectivity index (χ0n) is 11.7. The fourth-order valence-electron chi connectivity index (χ4n) is 1.93. The molecule has 0 saturated heterocycles. The molecule has 0 spiro atoms. The van der Waals surface area contributed by atoms with E-state index in [0.29, 0.717) is 29.0 Å². The van der Waals surface area contributed by atoms with Crippen molar-refractivity contribution in [1.29, 1.82) is 0 Å². The van der Waals surface area contributed by atoms with Crippen LogP contribution in [0.25, 0.3) is 16.7 Å². The fourth-order valence-corrected chi connectivity index (χ4v) is 1.93. The Morgan fingerprint density at radius 2 is 2.05 bits per heavy atom. The maximum atomic E-state index is 13.0. The number of hydrazine groups is 1. The molecule has 8 heteroatoms. The number of halogens is 1. The second kappa shape index (κ2) is 5.76. The van der Waals surface area contributed by atoms with Crippen LogP contribution in [0.2, 0.25) is 0 Å².